The van der Waals surface area contributed by atoms with E-state index in [4.69, 9.17) is 0 Å². The number of H-pyrrole nitrogens is 1. The molecule has 1 N–H and O–H groups in total. The summed E-state index contributed by atoms with van der Waals surface area (Å²) in [5.74, 6) is 1.19. The molecule has 1 amide bonds. The number of benzene rings is 2. The summed E-state index contributed by atoms with van der Waals surface area (Å²) in [5, 5.41) is 7.71. The van der Waals surface area contributed by atoms with Gasteiger partial charge in [-0.2, -0.15) is 0 Å². The van der Waals surface area contributed by atoms with Gasteiger partial charge in [0.1, 0.15) is 5.82 Å². The van der Waals surface area contributed by atoms with Gasteiger partial charge in [-0.1, -0.05) is 78.5 Å². The van der Waals surface area contributed by atoms with Gasteiger partial charge in [-0.05, 0) is 17.2 Å². The molecule has 3 aromatic rings. The van der Waals surface area contributed by atoms with Gasteiger partial charge in [0.05, 0.1) is 5.75 Å². The number of nitrogens with one attached hydrogen (secondary N) is 1. The zero-order valence-corrected chi connectivity index (χ0v) is 17.6. The molecule has 7 heteroatoms. The average molecular weight is 420 g/mol. The summed E-state index contributed by atoms with van der Waals surface area (Å²) >= 11 is 1.38. The molecule has 0 spiro atoms. The van der Waals surface area contributed by atoms with Gasteiger partial charge in [0, 0.05) is 32.7 Å². The summed E-state index contributed by atoms with van der Waals surface area (Å²) in [5.41, 5.74) is 2.42. The lowest BCUT2D eigenvalue weighted by atomic mass is 10.2. The monoisotopic (exact) mass is 419 g/mol. The van der Waals surface area contributed by atoms with E-state index in [1.807, 2.05) is 53.5 Å². The van der Waals surface area contributed by atoms with Crippen LogP contribution < -0.4 is 0 Å². The Hall–Kier alpha value is -2.90. The van der Waals surface area contributed by atoms with Crippen molar-refractivity contribution in [3.05, 3.63) is 77.6 Å². The third-order valence-corrected chi connectivity index (χ3v) is 5.85. The fraction of sp³-hybridized carbons (Fsp3) is 0.261. The molecule has 4 rings (SSSR count). The number of carbonyl (C=O) groups is 1. The van der Waals surface area contributed by atoms with E-state index < -0.39 is 0 Å². The number of amides is 1. The van der Waals surface area contributed by atoms with Crippen LogP contribution in [0.1, 0.15) is 17.0 Å². The molecular formula is C23H25N5OS. The van der Waals surface area contributed by atoms with Gasteiger partial charge in [-0.15, -0.1) is 5.10 Å². The topological polar surface area (TPSA) is 65.1 Å². The van der Waals surface area contributed by atoms with Crippen molar-refractivity contribution >= 4 is 29.8 Å². The number of nitrogens with zero attached hydrogens (tertiary/aromatic N) is 4. The smallest absolute Gasteiger partial charge is 0.233 e. The number of hydrogen-bond acceptors (Lipinski definition) is 5. The van der Waals surface area contributed by atoms with Crippen LogP contribution in [0.2, 0.25) is 0 Å². The molecule has 0 aliphatic carbocycles. The number of piperazine rings is 1. The van der Waals surface area contributed by atoms with Gasteiger partial charge in [0.15, 0.2) is 0 Å². The predicted octanol–water partition coefficient (Wildman–Crippen LogP) is 3.41. The van der Waals surface area contributed by atoms with Crippen molar-refractivity contribution in [2.24, 2.45) is 0 Å². The lowest BCUT2D eigenvalue weighted by Crippen LogP contribution is -2.48. The average Bonchev–Trinajstić information content (AvgIpc) is 3.26. The maximum Gasteiger partial charge on any atom is 0.233 e. The Morgan fingerprint density at radius 3 is 2.40 bits per heavy atom. The minimum atomic E-state index is 0.144. The van der Waals surface area contributed by atoms with Gasteiger partial charge in [0.25, 0.3) is 0 Å². The van der Waals surface area contributed by atoms with Crippen LogP contribution in [0, 0.1) is 0 Å². The fourth-order valence-electron chi connectivity index (χ4n) is 3.35. The minimum absolute atomic E-state index is 0.144. The van der Waals surface area contributed by atoms with Gasteiger partial charge in [-0.25, -0.2) is 4.98 Å². The van der Waals surface area contributed by atoms with Crippen molar-refractivity contribution in [3.63, 3.8) is 0 Å². The summed E-state index contributed by atoms with van der Waals surface area (Å²) in [6.45, 7) is 4.28. The van der Waals surface area contributed by atoms with Crippen molar-refractivity contribution in [2.75, 3.05) is 31.9 Å². The van der Waals surface area contributed by atoms with Crippen LogP contribution in [0.25, 0.3) is 12.2 Å². The first-order chi connectivity index (χ1) is 14.8. The highest BCUT2D eigenvalue weighted by Crippen LogP contribution is 2.16. The molecule has 0 bridgehead atoms. The number of thioether (sulfide) groups is 1. The first kappa shape index (κ1) is 20.4. The predicted molar refractivity (Wildman–Crippen MR) is 121 cm³/mol. The molecule has 2 aromatic carbocycles. The van der Waals surface area contributed by atoms with Crippen LogP contribution in [0.3, 0.4) is 0 Å². The van der Waals surface area contributed by atoms with Crippen molar-refractivity contribution < 1.29 is 4.79 Å². The lowest BCUT2D eigenvalue weighted by Gasteiger charge is -2.34. The molecule has 1 aliphatic rings. The van der Waals surface area contributed by atoms with Gasteiger partial charge in [0.2, 0.25) is 11.1 Å². The van der Waals surface area contributed by atoms with Gasteiger partial charge in [-0.3, -0.25) is 14.8 Å². The van der Waals surface area contributed by atoms with E-state index in [9.17, 15) is 4.79 Å². The standard InChI is InChI=1S/C23H25N5OS/c29-22(28-15-13-27(14-16-28)17-20-9-5-2-6-10-20)18-30-23-24-21(25-26-23)12-11-19-7-3-1-4-8-19/h1-12H,13-18H2,(H,24,25,26)/b12-11+. The summed E-state index contributed by atoms with van der Waals surface area (Å²) < 4.78 is 0. The minimum Gasteiger partial charge on any atom is -0.339 e. The summed E-state index contributed by atoms with van der Waals surface area (Å²) in [6, 6.07) is 20.5. The van der Waals surface area contributed by atoms with E-state index in [0.29, 0.717) is 16.7 Å². The van der Waals surface area contributed by atoms with E-state index in [-0.39, 0.29) is 5.91 Å². The van der Waals surface area contributed by atoms with Crippen LogP contribution in [-0.4, -0.2) is 62.8 Å². The summed E-state index contributed by atoms with van der Waals surface area (Å²) in [6.07, 6.45) is 3.87. The van der Waals surface area contributed by atoms with Crippen molar-refractivity contribution in [1.82, 2.24) is 25.0 Å². The maximum atomic E-state index is 12.6. The molecule has 0 saturated carbocycles. The molecule has 6 nitrogen and oxygen atoms in total. The van der Waals surface area contributed by atoms with Gasteiger partial charge < -0.3 is 4.90 Å². The zero-order chi connectivity index (χ0) is 20.6. The lowest BCUT2D eigenvalue weighted by molar-refractivity contribution is -0.130. The largest absolute Gasteiger partial charge is 0.339 e. The number of rotatable bonds is 7. The van der Waals surface area contributed by atoms with E-state index in [2.05, 4.69) is 44.3 Å². The Kier molecular flexibility index (Phi) is 6.95. The molecule has 0 atom stereocenters. The zero-order valence-electron chi connectivity index (χ0n) is 16.8. The Balaban J connectivity index is 1.21. The number of hydrogen-bond donors (Lipinski definition) is 1. The maximum absolute atomic E-state index is 12.6. The van der Waals surface area contributed by atoms with E-state index >= 15 is 0 Å². The first-order valence-electron chi connectivity index (χ1n) is 10.1. The first-order valence-corrected chi connectivity index (χ1v) is 11.1. The number of aromatic amines is 1. The Bertz CT molecular complexity index is 966. The normalized spacial score (nSPS) is 15.0. The SMILES string of the molecule is O=C(CSc1n[nH]c(/C=C/c2ccccc2)n1)N1CCN(Cc2ccccc2)CC1. The van der Waals surface area contributed by atoms with Crippen LogP contribution >= 0.6 is 11.8 Å². The summed E-state index contributed by atoms with van der Waals surface area (Å²) in [4.78, 5) is 21.3. The molecule has 0 unspecified atom stereocenters. The third-order valence-electron chi connectivity index (χ3n) is 5.01. The number of aromatic nitrogens is 3. The van der Waals surface area contributed by atoms with Crippen molar-refractivity contribution in [1.29, 1.82) is 0 Å². The molecule has 0 radical (unpaired) electrons. The molecule has 1 fully saturated rings. The van der Waals surface area contributed by atoms with E-state index in [1.54, 1.807) is 0 Å². The second kappa shape index (κ2) is 10.2. The highest BCUT2D eigenvalue weighted by molar-refractivity contribution is 7.99. The highest BCUT2D eigenvalue weighted by Gasteiger charge is 2.21. The van der Waals surface area contributed by atoms with Crippen LogP contribution in [0.4, 0.5) is 0 Å². The molecule has 1 saturated heterocycles. The fourth-order valence-corrected chi connectivity index (χ4v) is 4.06. The molecule has 30 heavy (non-hydrogen) atoms. The molecular weight excluding hydrogens is 394 g/mol. The Morgan fingerprint density at radius 1 is 0.967 bits per heavy atom. The van der Waals surface area contributed by atoms with Crippen LogP contribution in [0.15, 0.2) is 65.8 Å². The van der Waals surface area contributed by atoms with Gasteiger partial charge >= 0.3 is 0 Å². The Morgan fingerprint density at radius 2 is 1.67 bits per heavy atom. The quantitative estimate of drug-likeness (QED) is 0.595. The summed E-state index contributed by atoms with van der Waals surface area (Å²) in [7, 11) is 0. The van der Waals surface area contributed by atoms with Crippen molar-refractivity contribution in [2.45, 2.75) is 11.7 Å². The van der Waals surface area contributed by atoms with E-state index in [0.717, 1.165) is 38.3 Å². The second-order valence-corrected chi connectivity index (χ2v) is 8.12. The second-order valence-electron chi connectivity index (χ2n) is 7.18. The molecule has 1 aliphatic heterocycles. The highest BCUT2D eigenvalue weighted by atomic mass is 32.2. The molecule has 154 valence electrons. The van der Waals surface area contributed by atoms with Crippen LogP contribution in [0.5, 0.6) is 0 Å². The number of carbonyl (C=O) groups excluding carboxylic acids is 1. The van der Waals surface area contributed by atoms with Crippen molar-refractivity contribution in [3.8, 4) is 0 Å². The van der Waals surface area contributed by atoms with Crippen LogP contribution in [-0.2, 0) is 11.3 Å². The third kappa shape index (κ3) is 5.81. The Labute approximate surface area is 181 Å². The van der Waals surface area contributed by atoms with E-state index in [1.165, 1.54) is 17.3 Å². The molecule has 1 aromatic heterocycles. The molecule has 2 heterocycles.